The minimum absolute atomic E-state index is 0.389. The first-order valence-corrected chi connectivity index (χ1v) is 6.48. The Kier molecular flexibility index (Phi) is 4.93. The molecule has 2 N–H and O–H groups in total. The summed E-state index contributed by atoms with van der Waals surface area (Å²) in [6.07, 6.45) is 1.55. The standard InChI is InChI=1S/C16H17N3O2/c1-12-5-3-7-14(9-12)18-16(20)19-17-11-13-6-4-8-15(10-13)21-2/h3-11H,1-2H3,(H2,18,19,20)/b17-11+. The molecule has 0 saturated heterocycles. The smallest absolute Gasteiger partial charge is 0.339 e. The number of carbonyl (C=O) groups excluding carboxylic acids is 1. The van der Waals surface area contributed by atoms with E-state index in [1.54, 1.807) is 13.3 Å². The predicted molar refractivity (Wildman–Crippen MR) is 83.9 cm³/mol. The second kappa shape index (κ2) is 7.09. The van der Waals surface area contributed by atoms with Gasteiger partial charge in [-0.3, -0.25) is 0 Å². The maximum absolute atomic E-state index is 11.7. The molecule has 5 heteroatoms. The molecule has 0 saturated carbocycles. The number of anilines is 1. The molecule has 0 aliphatic carbocycles. The molecular weight excluding hydrogens is 266 g/mol. The van der Waals surface area contributed by atoms with Gasteiger partial charge in [0.15, 0.2) is 0 Å². The van der Waals surface area contributed by atoms with Crippen LogP contribution in [-0.4, -0.2) is 19.4 Å². The third-order valence-electron chi connectivity index (χ3n) is 2.75. The zero-order valence-electron chi connectivity index (χ0n) is 12.0. The van der Waals surface area contributed by atoms with Crippen molar-refractivity contribution in [3.63, 3.8) is 0 Å². The molecule has 2 rings (SSSR count). The fourth-order valence-electron chi connectivity index (χ4n) is 1.77. The van der Waals surface area contributed by atoms with Gasteiger partial charge in [0.05, 0.1) is 13.3 Å². The van der Waals surface area contributed by atoms with Crippen molar-refractivity contribution < 1.29 is 9.53 Å². The highest BCUT2D eigenvalue weighted by Gasteiger charge is 1.99. The normalized spacial score (nSPS) is 10.4. The van der Waals surface area contributed by atoms with E-state index >= 15 is 0 Å². The number of amides is 2. The summed E-state index contributed by atoms with van der Waals surface area (Å²) in [4.78, 5) is 11.7. The van der Waals surface area contributed by atoms with E-state index in [1.807, 2.05) is 55.5 Å². The number of nitrogens with one attached hydrogen (secondary N) is 2. The topological polar surface area (TPSA) is 62.7 Å². The van der Waals surface area contributed by atoms with Gasteiger partial charge in [-0.25, -0.2) is 10.2 Å². The maximum atomic E-state index is 11.7. The Balaban J connectivity index is 1.90. The van der Waals surface area contributed by atoms with Gasteiger partial charge in [0.2, 0.25) is 0 Å². The zero-order valence-corrected chi connectivity index (χ0v) is 12.0. The van der Waals surface area contributed by atoms with Crippen LogP contribution in [-0.2, 0) is 0 Å². The number of nitrogens with zero attached hydrogens (tertiary/aromatic N) is 1. The van der Waals surface area contributed by atoms with Crippen molar-refractivity contribution in [3.8, 4) is 5.75 Å². The molecule has 0 spiro atoms. The lowest BCUT2D eigenvalue weighted by Gasteiger charge is -2.04. The van der Waals surface area contributed by atoms with Gasteiger partial charge in [0.1, 0.15) is 5.75 Å². The van der Waals surface area contributed by atoms with Gasteiger partial charge in [-0.05, 0) is 42.3 Å². The second-order valence-corrected chi connectivity index (χ2v) is 4.47. The number of hydrazone groups is 1. The molecule has 2 amide bonds. The summed E-state index contributed by atoms with van der Waals surface area (Å²) in [6, 6.07) is 14.5. The summed E-state index contributed by atoms with van der Waals surface area (Å²) in [6.45, 7) is 1.96. The molecule has 0 atom stereocenters. The number of hydrogen-bond donors (Lipinski definition) is 2. The number of benzene rings is 2. The largest absolute Gasteiger partial charge is 0.497 e. The van der Waals surface area contributed by atoms with Gasteiger partial charge in [-0.15, -0.1) is 0 Å². The van der Waals surface area contributed by atoms with E-state index in [0.29, 0.717) is 0 Å². The highest BCUT2D eigenvalue weighted by Crippen LogP contribution is 2.11. The van der Waals surface area contributed by atoms with Crippen LogP contribution in [0.4, 0.5) is 10.5 Å². The molecule has 0 aromatic heterocycles. The van der Waals surface area contributed by atoms with Crippen molar-refractivity contribution in [2.75, 3.05) is 12.4 Å². The summed E-state index contributed by atoms with van der Waals surface area (Å²) in [5.41, 5.74) is 5.06. The number of methoxy groups -OCH3 is 1. The van der Waals surface area contributed by atoms with Crippen molar-refractivity contribution in [2.24, 2.45) is 5.10 Å². The van der Waals surface area contributed by atoms with E-state index in [4.69, 9.17) is 4.74 Å². The monoisotopic (exact) mass is 283 g/mol. The fraction of sp³-hybridized carbons (Fsp3) is 0.125. The van der Waals surface area contributed by atoms with E-state index < -0.39 is 0 Å². The molecule has 0 radical (unpaired) electrons. The van der Waals surface area contributed by atoms with E-state index in [9.17, 15) is 4.79 Å². The summed E-state index contributed by atoms with van der Waals surface area (Å²) >= 11 is 0. The first-order valence-electron chi connectivity index (χ1n) is 6.48. The minimum Gasteiger partial charge on any atom is -0.497 e. The fourth-order valence-corrected chi connectivity index (χ4v) is 1.77. The molecule has 0 fully saturated rings. The molecule has 0 aliphatic rings. The lowest BCUT2D eigenvalue weighted by molar-refractivity contribution is 0.252. The highest BCUT2D eigenvalue weighted by atomic mass is 16.5. The number of urea groups is 1. The molecule has 2 aromatic carbocycles. The molecule has 5 nitrogen and oxygen atoms in total. The Hall–Kier alpha value is -2.82. The van der Waals surface area contributed by atoms with E-state index in [1.165, 1.54) is 0 Å². The third-order valence-corrected chi connectivity index (χ3v) is 2.75. The molecule has 2 aromatic rings. The van der Waals surface area contributed by atoms with Gasteiger partial charge in [-0.1, -0.05) is 24.3 Å². The zero-order chi connectivity index (χ0) is 15.1. The molecular formula is C16H17N3O2. The Morgan fingerprint density at radius 3 is 2.76 bits per heavy atom. The maximum Gasteiger partial charge on any atom is 0.339 e. The van der Waals surface area contributed by atoms with Crippen LogP contribution in [0.2, 0.25) is 0 Å². The number of ether oxygens (including phenoxy) is 1. The van der Waals surface area contributed by atoms with Crippen molar-refractivity contribution in [2.45, 2.75) is 6.92 Å². The van der Waals surface area contributed by atoms with Crippen molar-refractivity contribution in [3.05, 3.63) is 59.7 Å². The van der Waals surface area contributed by atoms with Gasteiger partial charge in [0.25, 0.3) is 0 Å². The minimum atomic E-state index is -0.389. The van der Waals surface area contributed by atoms with E-state index in [2.05, 4.69) is 15.8 Å². The van der Waals surface area contributed by atoms with Crippen molar-refractivity contribution in [1.29, 1.82) is 0 Å². The van der Waals surface area contributed by atoms with E-state index in [0.717, 1.165) is 22.6 Å². The van der Waals surface area contributed by atoms with Gasteiger partial charge >= 0.3 is 6.03 Å². The van der Waals surface area contributed by atoms with Crippen molar-refractivity contribution in [1.82, 2.24) is 5.43 Å². The van der Waals surface area contributed by atoms with Crippen LogP contribution < -0.4 is 15.5 Å². The number of carbonyl (C=O) groups is 1. The first-order chi connectivity index (χ1) is 10.2. The first kappa shape index (κ1) is 14.6. The Morgan fingerprint density at radius 2 is 2.00 bits per heavy atom. The summed E-state index contributed by atoms with van der Waals surface area (Å²) in [5.74, 6) is 0.739. The van der Waals surface area contributed by atoms with Crippen LogP contribution >= 0.6 is 0 Å². The molecule has 0 unspecified atom stereocenters. The van der Waals surface area contributed by atoms with Crippen LogP contribution in [0.15, 0.2) is 53.6 Å². The second-order valence-electron chi connectivity index (χ2n) is 4.47. The van der Waals surface area contributed by atoms with Crippen LogP contribution in [0.1, 0.15) is 11.1 Å². The predicted octanol–water partition coefficient (Wildman–Crippen LogP) is 3.16. The summed E-state index contributed by atoms with van der Waals surface area (Å²) in [7, 11) is 1.60. The lowest BCUT2D eigenvalue weighted by atomic mass is 10.2. The highest BCUT2D eigenvalue weighted by molar-refractivity contribution is 5.90. The average molecular weight is 283 g/mol. The average Bonchev–Trinajstić information content (AvgIpc) is 2.47. The Morgan fingerprint density at radius 1 is 1.19 bits per heavy atom. The third kappa shape index (κ3) is 4.65. The molecule has 0 heterocycles. The molecule has 108 valence electrons. The van der Waals surface area contributed by atoms with Gasteiger partial charge in [-0.2, -0.15) is 5.10 Å². The Bertz CT molecular complexity index is 653. The number of hydrogen-bond acceptors (Lipinski definition) is 3. The SMILES string of the molecule is COc1cccc(/C=N/NC(=O)Nc2cccc(C)c2)c1. The number of aryl methyl sites for hydroxylation is 1. The summed E-state index contributed by atoms with van der Waals surface area (Å²) in [5, 5.41) is 6.60. The Labute approximate surface area is 123 Å². The quantitative estimate of drug-likeness (QED) is 0.668. The van der Waals surface area contributed by atoms with Gasteiger partial charge in [0, 0.05) is 5.69 Å². The molecule has 0 bridgehead atoms. The van der Waals surface area contributed by atoms with Crippen LogP contribution in [0, 0.1) is 6.92 Å². The van der Waals surface area contributed by atoms with Crippen molar-refractivity contribution >= 4 is 17.9 Å². The van der Waals surface area contributed by atoms with Crippen LogP contribution in [0.25, 0.3) is 0 Å². The van der Waals surface area contributed by atoms with E-state index in [-0.39, 0.29) is 6.03 Å². The molecule has 21 heavy (non-hydrogen) atoms. The lowest BCUT2D eigenvalue weighted by Crippen LogP contribution is -2.24. The number of rotatable bonds is 4. The van der Waals surface area contributed by atoms with Crippen LogP contribution in [0.3, 0.4) is 0 Å². The molecule has 0 aliphatic heterocycles. The summed E-state index contributed by atoms with van der Waals surface area (Å²) < 4.78 is 5.11. The van der Waals surface area contributed by atoms with Gasteiger partial charge < -0.3 is 10.1 Å². The van der Waals surface area contributed by atoms with Crippen LogP contribution in [0.5, 0.6) is 5.75 Å².